The third-order valence-electron chi connectivity index (χ3n) is 6.59. The topological polar surface area (TPSA) is 99.8 Å². The van der Waals surface area contributed by atoms with Crippen molar-refractivity contribution in [2.75, 3.05) is 18.4 Å². The number of nitriles is 1. The van der Waals surface area contributed by atoms with E-state index in [1.54, 1.807) is 41.1 Å². The third-order valence-corrected chi connectivity index (χ3v) is 6.84. The van der Waals surface area contributed by atoms with Crippen LogP contribution in [0.3, 0.4) is 0 Å². The predicted molar refractivity (Wildman–Crippen MR) is 153 cm³/mol. The van der Waals surface area contributed by atoms with Crippen molar-refractivity contribution in [1.82, 2.24) is 15.1 Å². The highest BCUT2D eigenvalue weighted by Gasteiger charge is 2.29. The number of nitrogens with zero attached hydrogens (tertiary/aromatic N) is 3. The summed E-state index contributed by atoms with van der Waals surface area (Å²) in [6.07, 6.45) is 0.592. The number of nitrogens with one attached hydrogen (secondary N) is 2. The van der Waals surface area contributed by atoms with Crippen LogP contribution in [0.25, 0.3) is 5.69 Å². The van der Waals surface area contributed by atoms with Crippen LogP contribution >= 0.6 is 11.6 Å². The summed E-state index contributed by atoms with van der Waals surface area (Å²) >= 11 is 6.07. The Morgan fingerprint density at radius 1 is 0.974 bits per heavy atom. The maximum atomic E-state index is 13.3. The number of carbonyl (C=O) groups is 2. The number of halogens is 1. The summed E-state index contributed by atoms with van der Waals surface area (Å²) in [5.41, 5.74) is 2.63. The van der Waals surface area contributed by atoms with Crippen molar-refractivity contribution in [3.8, 4) is 11.8 Å². The molecule has 0 radical (unpaired) electrons. The molecule has 3 aromatic carbocycles. The molecule has 0 unspecified atom stereocenters. The fourth-order valence-corrected chi connectivity index (χ4v) is 4.29. The molecular weight excluding hydrogens is 510 g/mol. The van der Waals surface area contributed by atoms with Gasteiger partial charge in [0, 0.05) is 23.7 Å². The summed E-state index contributed by atoms with van der Waals surface area (Å²) in [6, 6.07) is 26.0. The summed E-state index contributed by atoms with van der Waals surface area (Å²) in [7, 11) is 0. The summed E-state index contributed by atoms with van der Waals surface area (Å²) in [5.74, 6) is 0.00699. The van der Waals surface area contributed by atoms with Gasteiger partial charge in [-0.25, -0.2) is 4.68 Å². The minimum absolute atomic E-state index is 0.0661. The summed E-state index contributed by atoms with van der Waals surface area (Å²) < 4.78 is 1.55. The Morgan fingerprint density at radius 2 is 1.64 bits per heavy atom. The highest BCUT2D eigenvalue weighted by molar-refractivity contribution is 6.30. The molecule has 0 bridgehead atoms. The minimum atomic E-state index is -0.666. The van der Waals surface area contributed by atoms with Gasteiger partial charge in [0.2, 0.25) is 11.7 Å². The number of aryl methyl sites for hydroxylation is 1. The van der Waals surface area contributed by atoms with Crippen LogP contribution in [0.15, 0.2) is 78.9 Å². The first kappa shape index (κ1) is 27.6. The second kappa shape index (κ2) is 12.0. The molecule has 0 fully saturated rings. The molecule has 198 valence electrons. The molecule has 8 heteroatoms. The van der Waals surface area contributed by atoms with E-state index in [9.17, 15) is 14.9 Å². The van der Waals surface area contributed by atoms with E-state index in [0.717, 1.165) is 11.1 Å². The first-order valence-electron chi connectivity index (χ1n) is 12.7. The molecule has 0 atom stereocenters. The van der Waals surface area contributed by atoms with Crippen LogP contribution in [0.5, 0.6) is 0 Å². The van der Waals surface area contributed by atoms with Crippen molar-refractivity contribution in [1.29, 1.82) is 5.26 Å². The Balaban J connectivity index is 1.52. The second-order valence-corrected chi connectivity index (χ2v) is 10.2. The number of amides is 1. The average molecular weight is 540 g/mol. The van der Waals surface area contributed by atoms with Gasteiger partial charge in [-0.15, -0.1) is 0 Å². The van der Waals surface area contributed by atoms with Gasteiger partial charge in [0.1, 0.15) is 17.5 Å². The van der Waals surface area contributed by atoms with Crippen LogP contribution in [0.4, 0.5) is 5.82 Å². The molecule has 0 saturated carbocycles. The normalized spacial score (nSPS) is 11.1. The number of rotatable bonds is 10. The largest absolute Gasteiger partial charge is 0.369 e. The Hall–Kier alpha value is -4.41. The van der Waals surface area contributed by atoms with Crippen LogP contribution < -0.4 is 10.6 Å². The maximum Gasteiger partial charge on any atom is 0.230 e. The lowest BCUT2D eigenvalue weighted by Crippen LogP contribution is -2.40. The van der Waals surface area contributed by atoms with E-state index < -0.39 is 5.41 Å². The lowest BCUT2D eigenvalue weighted by atomic mass is 9.84. The van der Waals surface area contributed by atoms with Crippen molar-refractivity contribution < 1.29 is 9.59 Å². The van der Waals surface area contributed by atoms with E-state index in [4.69, 9.17) is 11.6 Å². The molecule has 7 nitrogen and oxygen atoms in total. The minimum Gasteiger partial charge on any atom is -0.369 e. The molecule has 0 aliphatic rings. The molecule has 1 amide bonds. The van der Waals surface area contributed by atoms with Crippen LogP contribution in [0.1, 0.15) is 53.0 Å². The average Bonchev–Trinajstić information content (AvgIpc) is 3.32. The fourth-order valence-electron chi connectivity index (χ4n) is 4.16. The number of ketones is 1. The van der Waals surface area contributed by atoms with Gasteiger partial charge in [-0.3, -0.25) is 9.59 Å². The zero-order valence-corrected chi connectivity index (χ0v) is 22.9. The lowest BCUT2D eigenvalue weighted by Gasteiger charge is -2.24. The van der Waals surface area contributed by atoms with E-state index in [1.165, 1.54) is 0 Å². The van der Waals surface area contributed by atoms with E-state index in [1.807, 2.05) is 63.2 Å². The Kier molecular flexibility index (Phi) is 8.48. The molecule has 2 N–H and O–H groups in total. The van der Waals surface area contributed by atoms with Crippen molar-refractivity contribution in [3.05, 3.63) is 112 Å². The maximum absolute atomic E-state index is 13.3. The van der Waals surface area contributed by atoms with Gasteiger partial charge < -0.3 is 10.6 Å². The number of hydrogen-bond acceptors (Lipinski definition) is 5. The number of benzene rings is 3. The van der Waals surface area contributed by atoms with Crippen LogP contribution in [-0.2, 0) is 10.2 Å². The van der Waals surface area contributed by atoms with Gasteiger partial charge in [0.05, 0.1) is 11.1 Å². The molecule has 1 aromatic heterocycles. The highest BCUT2D eigenvalue weighted by atomic mass is 35.5. The van der Waals surface area contributed by atoms with E-state index in [2.05, 4.69) is 21.8 Å². The van der Waals surface area contributed by atoms with Gasteiger partial charge in [0.15, 0.2) is 5.69 Å². The lowest BCUT2D eigenvalue weighted by molar-refractivity contribution is -0.125. The molecule has 1 heterocycles. The van der Waals surface area contributed by atoms with Crippen molar-refractivity contribution in [2.45, 2.75) is 32.6 Å². The van der Waals surface area contributed by atoms with Crippen LogP contribution in [0, 0.1) is 18.3 Å². The third kappa shape index (κ3) is 6.19. The predicted octanol–water partition coefficient (Wildman–Crippen LogP) is 5.83. The summed E-state index contributed by atoms with van der Waals surface area (Å²) in [6.45, 7) is 6.61. The molecule has 4 aromatic rings. The molecule has 0 saturated heterocycles. The monoisotopic (exact) mass is 539 g/mol. The second-order valence-electron chi connectivity index (χ2n) is 9.79. The van der Waals surface area contributed by atoms with Gasteiger partial charge >= 0.3 is 0 Å². The standard InChI is InChI=1S/C31H30ClN5O2/c1-21-10-12-22(13-11-21)28(38)27-26(20-33)29(37(36-27)25-16-14-24(32)15-17-25)34-18-7-19-35-30(39)31(2,3)23-8-5-4-6-9-23/h4-6,8-17,34H,7,18-19H2,1-3H3,(H,35,39). The SMILES string of the molecule is Cc1ccc(C(=O)c2nn(-c3ccc(Cl)cc3)c(NCCCNC(=O)C(C)(C)c3ccccc3)c2C#N)cc1. The number of aromatic nitrogens is 2. The van der Waals surface area contributed by atoms with Crippen molar-refractivity contribution >= 4 is 29.1 Å². The van der Waals surface area contributed by atoms with Crippen molar-refractivity contribution in [3.63, 3.8) is 0 Å². The zero-order chi connectivity index (χ0) is 28.0. The molecule has 4 rings (SSSR count). The Labute approximate surface area is 233 Å². The van der Waals surface area contributed by atoms with E-state index in [0.29, 0.717) is 41.6 Å². The quantitative estimate of drug-likeness (QED) is 0.195. The van der Waals surface area contributed by atoms with Crippen LogP contribution in [0.2, 0.25) is 5.02 Å². The smallest absolute Gasteiger partial charge is 0.230 e. The molecular formula is C31H30ClN5O2. The van der Waals surface area contributed by atoms with Crippen LogP contribution in [-0.4, -0.2) is 34.6 Å². The Morgan fingerprint density at radius 3 is 2.28 bits per heavy atom. The van der Waals surface area contributed by atoms with E-state index in [-0.39, 0.29) is 22.9 Å². The first-order chi connectivity index (χ1) is 18.7. The zero-order valence-electron chi connectivity index (χ0n) is 22.2. The van der Waals surface area contributed by atoms with Gasteiger partial charge in [0.25, 0.3) is 0 Å². The molecule has 0 spiro atoms. The Bertz CT molecular complexity index is 1500. The summed E-state index contributed by atoms with van der Waals surface area (Å²) in [4.78, 5) is 26.2. The van der Waals surface area contributed by atoms with Gasteiger partial charge in [-0.1, -0.05) is 71.8 Å². The number of anilines is 1. The van der Waals surface area contributed by atoms with E-state index >= 15 is 0 Å². The number of carbonyl (C=O) groups excluding carboxylic acids is 2. The highest BCUT2D eigenvalue weighted by Crippen LogP contribution is 2.27. The van der Waals surface area contributed by atoms with Gasteiger partial charge in [-0.05, 0) is 57.0 Å². The summed E-state index contributed by atoms with van der Waals surface area (Å²) in [5, 5.41) is 21.4. The number of hydrogen-bond donors (Lipinski definition) is 2. The molecule has 0 aliphatic heterocycles. The van der Waals surface area contributed by atoms with Crippen molar-refractivity contribution in [2.24, 2.45) is 0 Å². The van der Waals surface area contributed by atoms with Gasteiger partial charge in [-0.2, -0.15) is 10.4 Å². The molecule has 0 aliphatic carbocycles. The first-order valence-corrected chi connectivity index (χ1v) is 13.1. The fraction of sp³-hybridized carbons (Fsp3) is 0.226. The molecule has 39 heavy (non-hydrogen) atoms.